The van der Waals surface area contributed by atoms with E-state index >= 15 is 0 Å². The van der Waals surface area contributed by atoms with Gasteiger partial charge in [-0.3, -0.25) is 9.78 Å². The van der Waals surface area contributed by atoms with Crippen molar-refractivity contribution in [3.8, 4) is 34.6 Å². The summed E-state index contributed by atoms with van der Waals surface area (Å²) in [6, 6.07) is 12.9. The molecule has 0 saturated carbocycles. The lowest BCUT2D eigenvalue weighted by atomic mass is 10.1. The molecule has 0 bridgehead atoms. The number of amides is 1. The molecule has 0 fully saturated rings. The minimum atomic E-state index is -0.452. The maximum absolute atomic E-state index is 13.1. The van der Waals surface area contributed by atoms with Crippen molar-refractivity contribution in [2.45, 2.75) is 13.5 Å². The van der Waals surface area contributed by atoms with Gasteiger partial charge in [0.1, 0.15) is 11.5 Å². The molecule has 0 aliphatic rings. The summed E-state index contributed by atoms with van der Waals surface area (Å²) in [5, 5.41) is 38.9. The number of carbonyl (C=O) groups excluding carboxylic acids is 1. The van der Waals surface area contributed by atoms with Crippen LogP contribution < -0.4 is 0 Å². The number of nitrogens with zero attached hydrogens (tertiary/aromatic N) is 5. The highest BCUT2D eigenvalue weighted by Gasteiger charge is 2.24. The number of phenolic OH excluding ortho intramolecular Hbond substituents is 2. The molecule has 9 nitrogen and oxygen atoms in total. The molecule has 2 heterocycles. The summed E-state index contributed by atoms with van der Waals surface area (Å²) < 4.78 is 1.37. The number of hydrogen-bond acceptors (Lipinski definition) is 7. The first-order chi connectivity index (χ1) is 15.4. The van der Waals surface area contributed by atoms with Crippen LogP contribution in [0, 0.1) is 6.92 Å². The minimum Gasteiger partial charge on any atom is -0.507 e. The van der Waals surface area contributed by atoms with Crippen LogP contribution >= 0.6 is 0 Å². The molecule has 4 aromatic rings. The molecular formula is C23H21N5O4. The average molecular weight is 431 g/mol. The molecule has 0 saturated heterocycles. The maximum atomic E-state index is 13.1. The Morgan fingerprint density at radius 1 is 1.00 bits per heavy atom. The summed E-state index contributed by atoms with van der Waals surface area (Å²) >= 11 is 0. The molecule has 0 spiro atoms. The lowest BCUT2D eigenvalue weighted by Crippen LogP contribution is -2.26. The maximum Gasteiger partial charge on any atom is 0.319 e. The molecule has 0 radical (unpaired) electrons. The second-order valence-electron chi connectivity index (χ2n) is 7.35. The molecule has 4 rings (SSSR count). The van der Waals surface area contributed by atoms with E-state index < -0.39 is 5.91 Å². The van der Waals surface area contributed by atoms with Crippen LogP contribution in [-0.4, -0.2) is 52.9 Å². The van der Waals surface area contributed by atoms with E-state index in [1.54, 1.807) is 43.7 Å². The van der Waals surface area contributed by atoms with Crippen molar-refractivity contribution >= 4 is 5.91 Å². The molecule has 0 unspecified atom stereocenters. The summed E-state index contributed by atoms with van der Waals surface area (Å²) in [7, 11) is 1.61. The molecule has 0 aliphatic heterocycles. The third-order valence-corrected chi connectivity index (χ3v) is 5.10. The molecule has 1 amide bonds. The van der Waals surface area contributed by atoms with Crippen LogP contribution in [-0.2, 0) is 6.54 Å². The second-order valence-corrected chi connectivity index (χ2v) is 7.35. The Balaban J connectivity index is 1.76. The third-order valence-electron chi connectivity index (χ3n) is 5.10. The Morgan fingerprint density at radius 3 is 2.44 bits per heavy atom. The van der Waals surface area contributed by atoms with Gasteiger partial charge in [-0.05, 0) is 42.3 Å². The van der Waals surface area contributed by atoms with Crippen LogP contribution in [0.2, 0.25) is 0 Å². The van der Waals surface area contributed by atoms with Crippen molar-refractivity contribution in [2.24, 2.45) is 0 Å². The number of phenols is 2. The lowest BCUT2D eigenvalue weighted by molar-refractivity contribution is 0.0782. The van der Waals surface area contributed by atoms with E-state index in [-0.39, 0.29) is 34.5 Å². The Morgan fingerprint density at radius 2 is 1.72 bits per heavy atom. The van der Waals surface area contributed by atoms with Crippen molar-refractivity contribution in [1.29, 1.82) is 0 Å². The van der Waals surface area contributed by atoms with Crippen LogP contribution in [0.4, 0.5) is 0 Å². The highest BCUT2D eigenvalue weighted by molar-refractivity contribution is 5.98. The van der Waals surface area contributed by atoms with Crippen LogP contribution in [0.3, 0.4) is 0 Å². The van der Waals surface area contributed by atoms with Crippen molar-refractivity contribution in [3.63, 3.8) is 0 Å². The van der Waals surface area contributed by atoms with Crippen LogP contribution in [0.1, 0.15) is 21.5 Å². The summed E-state index contributed by atoms with van der Waals surface area (Å²) in [5.74, 6) is -1.01. The first-order valence-corrected chi connectivity index (χ1v) is 9.78. The molecule has 32 heavy (non-hydrogen) atoms. The van der Waals surface area contributed by atoms with Gasteiger partial charge in [-0.15, -0.1) is 5.10 Å². The molecular weight excluding hydrogens is 410 g/mol. The number of hydrogen-bond donors (Lipinski definition) is 3. The molecule has 162 valence electrons. The monoisotopic (exact) mass is 431 g/mol. The fourth-order valence-corrected chi connectivity index (χ4v) is 3.45. The molecule has 0 atom stereocenters. The summed E-state index contributed by atoms with van der Waals surface area (Å²) in [5.41, 5.74) is 2.45. The van der Waals surface area contributed by atoms with Crippen molar-refractivity contribution in [3.05, 3.63) is 77.6 Å². The number of aromatic hydroxyl groups is 3. The van der Waals surface area contributed by atoms with E-state index in [9.17, 15) is 20.1 Å². The van der Waals surface area contributed by atoms with E-state index in [0.29, 0.717) is 12.2 Å². The molecule has 3 N–H and O–H groups in total. The van der Waals surface area contributed by atoms with Gasteiger partial charge in [0.05, 0.1) is 16.8 Å². The predicted molar refractivity (Wildman–Crippen MR) is 117 cm³/mol. The number of aryl methyl sites for hydroxylation is 1. The standard InChI is InChI=1S/C23H21N5O4/c1-14-5-3-4-6-18(14)28-21(25-26-23(28)32)16-11-17(20(30)12-19(16)29)22(31)27(2)13-15-7-9-24-10-8-15/h3-12,29-30H,13H2,1-2H3,(H,26,32). The molecule has 2 aromatic heterocycles. The molecule has 2 aromatic carbocycles. The number of para-hydroxylation sites is 1. The van der Waals surface area contributed by atoms with E-state index in [1.165, 1.54) is 15.5 Å². The quantitative estimate of drug-likeness (QED) is 0.444. The van der Waals surface area contributed by atoms with Crippen molar-refractivity contribution < 1.29 is 20.1 Å². The second kappa shape index (κ2) is 8.38. The van der Waals surface area contributed by atoms with Gasteiger partial charge in [0.25, 0.3) is 5.91 Å². The predicted octanol–water partition coefficient (Wildman–Crippen LogP) is 3.03. The summed E-state index contributed by atoms with van der Waals surface area (Å²) in [6.07, 6.45) is 3.27. The van der Waals surface area contributed by atoms with E-state index in [1.807, 2.05) is 19.1 Å². The van der Waals surface area contributed by atoms with Crippen LogP contribution in [0.25, 0.3) is 17.1 Å². The third kappa shape index (κ3) is 3.83. The number of rotatable bonds is 5. The van der Waals surface area contributed by atoms with Gasteiger partial charge in [0.2, 0.25) is 0 Å². The average Bonchev–Trinajstić information content (AvgIpc) is 3.15. The Labute approximate surface area is 183 Å². The summed E-state index contributed by atoms with van der Waals surface area (Å²) in [6.45, 7) is 2.16. The number of pyridine rings is 1. The van der Waals surface area contributed by atoms with E-state index in [4.69, 9.17) is 0 Å². The van der Waals surface area contributed by atoms with Gasteiger partial charge in [-0.2, -0.15) is 0 Å². The fraction of sp³-hybridized carbons (Fsp3) is 0.130. The van der Waals surface area contributed by atoms with Gasteiger partial charge in [0, 0.05) is 32.1 Å². The molecule has 0 aliphatic carbocycles. The van der Waals surface area contributed by atoms with Gasteiger partial charge in [0.15, 0.2) is 5.82 Å². The van der Waals surface area contributed by atoms with Crippen LogP contribution in [0.15, 0.2) is 60.9 Å². The SMILES string of the molecule is Cc1ccccc1-n1c(O)nnc1-c1cc(C(=O)N(C)Cc2ccncc2)c(O)cc1O. The van der Waals surface area contributed by atoms with Gasteiger partial charge in [-0.1, -0.05) is 23.3 Å². The number of aromatic nitrogens is 4. The Kier molecular flexibility index (Phi) is 5.46. The first-order valence-electron chi connectivity index (χ1n) is 9.78. The Bertz CT molecular complexity index is 1290. The number of carbonyl (C=O) groups is 1. The lowest BCUT2D eigenvalue weighted by Gasteiger charge is -2.19. The van der Waals surface area contributed by atoms with E-state index in [0.717, 1.165) is 17.2 Å². The summed E-state index contributed by atoms with van der Waals surface area (Å²) in [4.78, 5) is 18.5. The zero-order valence-electron chi connectivity index (χ0n) is 17.5. The normalized spacial score (nSPS) is 10.8. The smallest absolute Gasteiger partial charge is 0.319 e. The highest BCUT2D eigenvalue weighted by atomic mass is 16.3. The van der Waals surface area contributed by atoms with E-state index in [2.05, 4.69) is 15.2 Å². The first kappa shape index (κ1) is 20.9. The van der Waals surface area contributed by atoms with Crippen LogP contribution in [0.5, 0.6) is 17.5 Å². The fourth-order valence-electron chi connectivity index (χ4n) is 3.45. The van der Waals surface area contributed by atoms with Gasteiger partial charge >= 0.3 is 6.01 Å². The zero-order chi connectivity index (χ0) is 22.8. The zero-order valence-corrected chi connectivity index (χ0v) is 17.5. The number of benzene rings is 2. The largest absolute Gasteiger partial charge is 0.507 e. The Hall–Kier alpha value is -4.40. The van der Waals surface area contributed by atoms with Crippen molar-refractivity contribution in [1.82, 2.24) is 24.6 Å². The minimum absolute atomic E-state index is 0.0202. The molecule has 9 heteroatoms. The highest BCUT2D eigenvalue weighted by Crippen LogP contribution is 2.37. The topological polar surface area (TPSA) is 125 Å². The van der Waals surface area contributed by atoms with Crippen molar-refractivity contribution in [2.75, 3.05) is 7.05 Å². The van der Waals surface area contributed by atoms with Gasteiger partial charge < -0.3 is 20.2 Å². The van der Waals surface area contributed by atoms with Gasteiger partial charge in [-0.25, -0.2) is 4.57 Å².